The van der Waals surface area contributed by atoms with Crippen LogP contribution in [0.15, 0.2) is 60.2 Å². The second kappa shape index (κ2) is 7.53. The molecule has 1 aliphatic heterocycles. The van der Waals surface area contributed by atoms with Crippen LogP contribution in [0.5, 0.6) is 0 Å². The van der Waals surface area contributed by atoms with Crippen molar-refractivity contribution in [2.75, 3.05) is 13.1 Å². The van der Waals surface area contributed by atoms with Gasteiger partial charge in [-0.3, -0.25) is 9.97 Å². The number of fused-ring (bicyclic) bond motifs is 1. The molecule has 0 saturated carbocycles. The molecule has 142 valence electrons. The number of piperidine rings is 1. The molecule has 3 aromatic heterocycles. The SMILES string of the molecule is ClC1=CC=C(n2c(-c3ccncc3)c(C3CCNCC3)c3ccncc32)CC1. The van der Waals surface area contributed by atoms with E-state index in [0.29, 0.717) is 5.92 Å². The van der Waals surface area contributed by atoms with E-state index in [2.05, 4.69) is 44.1 Å². The first kappa shape index (κ1) is 17.7. The van der Waals surface area contributed by atoms with Crippen LogP contribution in [0, 0.1) is 0 Å². The second-order valence-electron chi connectivity index (χ2n) is 7.52. The maximum atomic E-state index is 6.25. The molecule has 5 heteroatoms. The Morgan fingerprint density at radius 2 is 1.75 bits per heavy atom. The van der Waals surface area contributed by atoms with Gasteiger partial charge in [0.2, 0.25) is 0 Å². The lowest BCUT2D eigenvalue weighted by molar-refractivity contribution is 0.463. The van der Waals surface area contributed by atoms with E-state index in [1.165, 1.54) is 33.4 Å². The van der Waals surface area contributed by atoms with Gasteiger partial charge in [-0.15, -0.1) is 0 Å². The number of aromatic nitrogens is 3. The third kappa shape index (κ3) is 3.07. The quantitative estimate of drug-likeness (QED) is 0.657. The molecule has 1 aliphatic carbocycles. The highest BCUT2D eigenvalue weighted by molar-refractivity contribution is 6.29. The zero-order chi connectivity index (χ0) is 18.9. The fourth-order valence-electron chi connectivity index (χ4n) is 4.56. The molecule has 1 saturated heterocycles. The molecule has 0 radical (unpaired) electrons. The van der Waals surface area contributed by atoms with Crippen LogP contribution < -0.4 is 5.32 Å². The highest BCUT2D eigenvalue weighted by atomic mass is 35.5. The number of halogens is 1. The van der Waals surface area contributed by atoms with Gasteiger partial charge in [-0.2, -0.15) is 0 Å². The van der Waals surface area contributed by atoms with Crippen LogP contribution in [-0.4, -0.2) is 27.6 Å². The van der Waals surface area contributed by atoms with E-state index in [9.17, 15) is 0 Å². The van der Waals surface area contributed by atoms with Crippen molar-refractivity contribution in [3.8, 4) is 11.3 Å². The Hall–Kier alpha value is -2.43. The summed E-state index contributed by atoms with van der Waals surface area (Å²) in [6.07, 6.45) is 16.0. The average Bonchev–Trinajstić information content (AvgIpc) is 3.11. The zero-order valence-electron chi connectivity index (χ0n) is 15.7. The summed E-state index contributed by atoms with van der Waals surface area (Å²) in [4.78, 5) is 8.71. The van der Waals surface area contributed by atoms with Crippen molar-refractivity contribution >= 4 is 28.2 Å². The summed E-state index contributed by atoms with van der Waals surface area (Å²) in [6.45, 7) is 2.14. The first-order chi connectivity index (χ1) is 13.8. The molecular weight excluding hydrogens is 368 g/mol. The molecule has 0 bridgehead atoms. The standard InChI is InChI=1S/C23H23ClN4/c24-18-1-3-19(4-2-18)28-21-15-27-14-9-20(21)22(16-5-10-25-11-6-16)23(28)17-7-12-26-13-8-17/h1,3,7-9,12-16,25H,2,4-6,10-11H2. The molecule has 0 unspecified atom stereocenters. The van der Waals surface area contributed by atoms with E-state index in [-0.39, 0.29) is 0 Å². The Kier molecular flexibility index (Phi) is 4.75. The van der Waals surface area contributed by atoms with E-state index < -0.39 is 0 Å². The molecular formula is C23H23ClN4. The first-order valence-corrected chi connectivity index (χ1v) is 10.4. The minimum Gasteiger partial charge on any atom is -0.317 e. The summed E-state index contributed by atoms with van der Waals surface area (Å²) in [5.74, 6) is 0.541. The van der Waals surface area contributed by atoms with Crippen LogP contribution >= 0.6 is 11.6 Å². The Morgan fingerprint density at radius 1 is 0.964 bits per heavy atom. The van der Waals surface area contributed by atoms with E-state index >= 15 is 0 Å². The topological polar surface area (TPSA) is 42.7 Å². The number of allylic oxidation sites excluding steroid dienone is 4. The van der Waals surface area contributed by atoms with Gasteiger partial charge in [0.25, 0.3) is 0 Å². The largest absolute Gasteiger partial charge is 0.317 e. The van der Waals surface area contributed by atoms with Gasteiger partial charge >= 0.3 is 0 Å². The average molecular weight is 391 g/mol. The molecule has 0 atom stereocenters. The predicted molar refractivity (Wildman–Crippen MR) is 115 cm³/mol. The van der Waals surface area contributed by atoms with Crippen molar-refractivity contribution in [1.82, 2.24) is 19.9 Å². The lowest BCUT2D eigenvalue weighted by Gasteiger charge is -2.25. The Balaban J connectivity index is 1.82. The van der Waals surface area contributed by atoms with Gasteiger partial charge in [0.15, 0.2) is 0 Å². The van der Waals surface area contributed by atoms with Crippen molar-refractivity contribution in [2.24, 2.45) is 0 Å². The van der Waals surface area contributed by atoms with Crippen molar-refractivity contribution in [2.45, 2.75) is 31.6 Å². The van der Waals surface area contributed by atoms with Gasteiger partial charge in [-0.05, 0) is 80.6 Å². The maximum absolute atomic E-state index is 6.25. The van der Waals surface area contributed by atoms with Gasteiger partial charge in [0.05, 0.1) is 17.4 Å². The maximum Gasteiger partial charge on any atom is 0.0718 e. The van der Waals surface area contributed by atoms with Crippen LogP contribution in [0.4, 0.5) is 0 Å². The molecule has 1 fully saturated rings. The number of nitrogens with zero attached hydrogens (tertiary/aromatic N) is 3. The van der Waals surface area contributed by atoms with Crippen LogP contribution in [0.25, 0.3) is 27.9 Å². The molecule has 0 aromatic carbocycles. The highest BCUT2D eigenvalue weighted by Crippen LogP contribution is 2.43. The molecule has 0 amide bonds. The van der Waals surface area contributed by atoms with Crippen molar-refractivity contribution in [1.29, 1.82) is 0 Å². The molecule has 2 aliphatic rings. The van der Waals surface area contributed by atoms with Gasteiger partial charge in [0.1, 0.15) is 0 Å². The summed E-state index contributed by atoms with van der Waals surface area (Å²) < 4.78 is 2.41. The molecule has 4 nitrogen and oxygen atoms in total. The Morgan fingerprint density at radius 3 is 2.50 bits per heavy atom. The zero-order valence-corrected chi connectivity index (χ0v) is 16.5. The molecule has 4 heterocycles. The van der Waals surface area contributed by atoms with Crippen molar-refractivity contribution < 1.29 is 0 Å². The van der Waals surface area contributed by atoms with Crippen LogP contribution in [0.3, 0.4) is 0 Å². The van der Waals surface area contributed by atoms with Crippen molar-refractivity contribution in [3.05, 3.63) is 65.7 Å². The summed E-state index contributed by atoms with van der Waals surface area (Å²) in [5.41, 5.74) is 6.40. The van der Waals surface area contributed by atoms with Crippen LogP contribution in [0.1, 0.15) is 37.2 Å². The highest BCUT2D eigenvalue weighted by Gasteiger charge is 2.27. The fraction of sp³-hybridized carbons (Fsp3) is 0.304. The summed E-state index contributed by atoms with van der Waals surface area (Å²) in [6, 6.07) is 6.42. The normalized spacial score (nSPS) is 18.2. The summed E-state index contributed by atoms with van der Waals surface area (Å²) >= 11 is 6.25. The lowest BCUT2D eigenvalue weighted by Crippen LogP contribution is -2.26. The summed E-state index contributed by atoms with van der Waals surface area (Å²) in [5, 5.41) is 5.74. The van der Waals surface area contributed by atoms with Gasteiger partial charge < -0.3 is 9.88 Å². The number of hydrogen-bond donors (Lipinski definition) is 1. The Labute approximate surface area is 170 Å². The van der Waals surface area contributed by atoms with Crippen LogP contribution in [-0.2, 0) is 0 Å². The van der Waals surface area contributed by atoms with Gasteiger partial charge in [-0.25, -0.2) is 0 Å². The van der Waals surface area contributed by atoms with E-state index in [4.69, 9.17) is 11.6 Å². The number of rotatable bonds is 3. The number of hydrogen-bond acceptors (Lipinski definition) is 3. The van der Waals surface area contributed by atoms with E-state index in [1.807, 2.05) is 30.9 Å². The van der Waals surface area contributed by atoms with Gasteiger partial charge in [0, 0.05) is 40.3 Å². The van der Waals surface area contributed by atoms with E-state index in [0.717, 1.165) is 43.8 Å². The third-order valence-corrected chi connectivity index (χ3v) is 6.19. The second-order valence-corrected chi connectivity index (χ2v) is 8.01. The number of nitrogens with one attached hydrogen (secondary N) is 1. The molecule has 0 spiro atoms. The Bertz CT molecular complexity index is 1060. The van der Waals surface area contributed by atoms with E-state index in [1.54, 1.807) is 0 Å². The summed E-state index contributed by atoms with van der Waals surface area (Å²) in [7, 11) is 0. The van der Waals surface area contributed by atoms with Crippen molar-refractivity contribution in [3.63, 3.8) is 0 Å². The molecule has 5 rings (SSSR count). The van der Waals surface area contributed by atoms with Crippen LogP contribution in [0.2, 0.25) is 0 Å². The minimum atomic E-state index is 0.541. The lowest BCUT2D eigenvalue weighted by atomic mass is 9.87. The smallest absolute Gasteiger partial charge is 0.0718 e. The molecule has 3 aromatic rings. The third-order valence-electron chi connectivity index (χ3n) is 5.87. The first-order valence-electron chi connectivity index (χ1n) is 9.98. The monoisotopic (exact) mass is 390 g/mol. The minimum absolute atomic E-state index is 0.541. The molecule has 28 heavy (non-hydrogen) atoms. The predicted octanol–water partition coefficient (Wildman–Crippen LogP) is 5.32. The molecule has 1 N–H and O–H groups in total. The van der Waals surface area contributed by atoms with Gasteiger partial charge in [-0.1, -0.05) is 11.6 Å². The number of pyridine rings is 2. The fourth-order valence-corrected chi connectivity index (χ4v) is 4.72.